The number of hydrogen-bond acceptors (Lipinski definition) is 8. The molecule has 180 valence electrons. The fourth-order valence-corrected chi connectivity index (χ4v) is 4.65. The molecule has 0 radical (unpaired) electrons. The summed E-state index contributed by atoms with van der Waals surface area (Å²) in [6.07, 6.45) is 0. The van der Waals surface area contributed by atoms with Crippen LogP contribution in [0.25, 0.3) is 11.5 Å². The van der Waals surface area contributed by atoms with E-state index >= 15 is 0 Å². The Kier molecular flexibility index (Phi) is 6.04. The molecule has 10 heteroatoms. The molecule has 1 aliphatic rings. The molecule has 0 aliphatic carbocycles. The molecule has 35 heavy (non-hydrogen) atoms. The van der Waals surface area contributed by atoms with E-state index in [9.17, 15) is 8.42 Å². The Morgan fingerprint density at radius 3 is 2.29 bits per heavy atom. The van der Waals surface area contributed by atoms with E-state index < -0.39 is 10.0 Å². The van der Waals surface area contributed by atoms with Crippen molar-refractivity contribution in [3.63, 3.8) is 0 Å². The van der Waals surface area contributed by atoms with Gasteiger partial charge >= 0.3 is 0 Å². The standard InChI is InChI=1S/C25H24N4O5S/c1-16-3-5-18(6-4-16)25-28-27-24(34-25)17(2)26-19-7-9-20(10-8-19)29-35(30,31)21-11-12-22-23(15-21)33-14-13-32-22/h3-12,15,17,26,29H,13-14H2,1-2H3/t17-/m1/s1. The average Bonchev–Trinajstić information content (AvgIpc) is 3.36. The second kappa shape index (κ2) is 9.30. The van der Waals surface area contributed by atoms with E-state index in [1.807, 2.05) is 38.1 Å². The Labute approximate surface area is 203 Å². The molecular formula is C25H24N4O5S. The molecule has 1 aromatic heterocycles. The zero-order valence-electron chi connectivity index (χ0n) is 19.2. The lowest BCUT2D eigenvalue weighted by Crippen LogP contribution is -2.17. The number of benzene rings is 3. The molecule has 1 atom stereocenters. The highest BCUT2D eigenvalue weighted by molar-refractivity contribution is 7.92. The number of sulfonamides is 1. The molecule has 0 spiro atoms. The lowest BCUT2D eigenvalue weighted by molar-refractivity contribution is 0.171. The number of hydrogen-bond donors (Lipinski definition) is 2. The smallest absolute Gasteiger partial charge is 0.262 e. The van der Waals surface area contributed by atoms with Crippen molar-refractivity contribution in [3.05, 3.63) is 78.2 Å². The van der Waals surface area contributed by atoms with Crippen LogP contribution in [0.3, 0.4) is 0 Å². The van der Waals surface area contributed by atoms with Crippen molar-refractivity contribution in [1.29, 1.82) is 0 Å². The first-order chi connectivity index (χ1) is 16.9. The van der Waals surface area contributed by atoms with Gasteiger partial charge in [0.1, 0.15) is 19.3 Å². The van der Waals surface area contributed by atoms with Gasteiger partial charge in [-0.05, 0) is 62.4 Å². The zero-order valence-corrected chi connectivity index (χ0v) is 20.0. The summed E-state index contributed by atoms with van der Waals surface area (Å²) < 4.78 is 45.0. The highest BCUT2D eigenvalue weighted by atomic mass is 32.2. The van der Waals surface area contributed by atoms with Crippen LogP contribution in [0.2, 0.25) is 0 Å². The monoisotopic (exact) mass is 492 g/mol. The van der Waals surface area contributed by atoms with Crippen molar-refractivity contribution >= 4 is 21.4 Å². The SMILES string of the molecule is Cc1ccc(-c2nnc([C@@H](C)Nc3ccc(NS(=O)(=O)c4ccc5c(c4)OCCO5)cc3)o2)cc1. The largest absolute Gasteiger partial charge is 0.486 e. The molecule has 0 bridgehead atoms. The minimum atomic E-state index is -3.79. The number of nitrogens with zero attached hydrogens (tertiary/aromatic N) is 2. The summed E-state index contributed by atoms with van der Waals surface area (Å²) in [5, 5.41) is 11.6. The molecule has 5 rings (SSSR count). The lowest BCUT2D eigenvalue weighted by Gasteiger charge is -2.19. The molecule has 0 amide bonds. The van der Waals surface area contributed by atoms with Gasteiger partial charge in [-0.25, -0.2) is 8.42 Å². The number of aromatic nitrogens is 2. The van der Waals surface area contributed by atoms with E-state index in [4.69, 9.17) is 13.9 Å². The predicted molar refractivity (Wildman–Crippen MR) is 131 cm³/mol. The van der Waals surface area contributed by atoms with Crippen molar-refractivity contribution in [2.75, 3.05) is 23.3 Å². The average molecular weight is 493 g/mol. The molecule has 0 unspecified atom stereocenters. The predicted octanol–water partition coefficient (Wildman–Crippen LogP) is 4.79. The van der Waals surface area contributed by atoms with E-state index in [-0.39, 0.29) is 10.9 Å². The number of ether oxygens (including phenoxy) is 2. The molecule has 0 saturated carbocycles. The van der Waals surface area contributed by atoms with Crippen LogP contribution in [0.1, 0.15) is 24.4 Å². The number of rotatable bonds is 7. The van der Waals surface area contributed by atoms with Crippen molar-refractivity contribution in [3.8, 4) is 23.0 Å². The number of fused-ring (bicyclic) bond motifs is 1. The molecule has 0 saturated heterocycles. The molecule has 4 aromatic rings. The molecule has 2 heterocycles. The second-order valence-corrected chi connectivity index (χ2v) is 9.85. The van der Waals surface area contributed by atoms with Crippen LogP contribution in [0.4, 0.5) is 11.4 Å². The van der Waals surface area contributed by atoms with Crippen LogP contribution in [0.5, 0.6) is 11.5 Å². The van der Waals surface area contributed by atoms with Gasteiger partial charge in [-0.1, -0.05) is 17.7 Å². The minimum absolute atomic E-state index is 0.0957. The summed E-state index contributed by atoms with van der Waals surface area (Å²) in [6.45, 7) is 4.75. The van der Waals surface area contributed by atoms with E-state index in [1.165, 1.54) is 12.1 Å². The maximum atomic E-state index is 12.8. The topological polar surface area (TPSA) is 116 Å². The van der Waals surface area contributed by atoms with E-state index in [0.717, 1.165) is 16.8 Å². The van der Waals surface area contributed by atoms with Crippen LogP contribution in [-0.2, 0) is 10.0 Å². The van der Waals surface area contributed by atoms with Crippen LogP contribution in [-0.4, -0.2) is 31.8 Å². The Hall–Kier alpha value is -4.05. The van der Waals surface area contributed by atoms with E-state index in [0.29, 0.717) is 42.2 Å². The summed E-state index contributed by atoms with van der Waals surface area (Å²) >= 11 is 0. The van der Waals surface area contributed by atoms with Crippen molar-refractivity contribution in [2.24, 2.45) is 0 Å². The van der Waals surface area contributed by atoms with Gasteiger partial charge in [-0.15, -0.1) is 10.2 Å². The first kappa shape index (κ1) is 22.7. The highest BCUT2D eigenvalue weighted by Gasteiger charge is 2.20. The molecule has 3 aromatic carbocycles. The van der Waals surface area contributed by atoms with Crippen molar-refractivity contribution in [1.82, 2.24) is 10.2 Å². The van der Waals surface area contributed by atoms with Crippen LogP contribution in [0, 0.1) is 6.92 Å². The number of nitrogens with one attached hydrogen (secondary N) is 2. The van der Waals surface area contributed by atoms with Gasteiger partial charge in [-0.3, -0.25) is 4.72 Å². The Balaban J connectivity index is 1.24. The first-order valence-corrected chi connectivity index (χ1v) is 12.6. The highest BCUT2D eigenvalue weighted by Crippen LogP contribution is 2.33. The third-order valence-electron chi connectivity index (χ3n) is 5.45. The maximum Gasteiger partial charge on any atom is 0.262 e. The Morgan fingerprint density at radius 1 is 0.857 bits per heavy atom. The first-order valence-electron chi connectivity index (χ1n) is 11.1. The minimum Gasteiger partial charge on any atom is -0.486 e. The quantitative estimate of drug-likeness (QED) is 0.378. The van der Waals surface area contributed by atoms with Gasteiger partial charge in [0.25, 0.3) is 10.0 Å². The summed E-state index contributed by atoms with van der Waals surface area (Å²) in [5.41, 5.74) is 3.21. The molecular weight excluding hydrogens is 468 g/mol. The molecule has 2 N–H and O–H groups in total. The number of aryl methyl sites for hydroxylation is 1. The van der Waals surface area contributed by atoms with E-state index in [2.05, 4.69) is 20.2 Å². The Morgan fingerprint density at radius 2 is 1.54 bits per heavy atom. The normalized spacial score (nSPS) is 13.8. The van der Waals surface area contributed by atoms with Crippen molar-refractivity contribution < 1.29 is 22.3 Å². The summed E-state index contributed by atoms with van der Waals surface area (Å²) in [4.78, 5) is 0.0957. The zero-order chi connectivity index (χ0) is 24.4. The van der Waals surface area contributed by atoms with Crippen LogP contribution in [0.15, 0.2) is 76.0 Å². The fraction of sp³-hybridized carbons (Fsp3) is 0.200. The second-order valence-electron chi connectivity index (χ2n) is 8.17. The molecule has 0 fully saturated rings. The van der Waals surface area contributed by atoms with Gasteiger partial charge in [-0.2, -0.15) is 0 Å². The fourth-order valence-electron chi connectivity index (χ4n) is 3.57. The number of anilines is 2. The summed E-state index contributed by atoms with van der Waals surface area (Å²) in [7, 11) is -3.79. The van der Waals surface area contributed by atoms with Gasteiger partial charge < -0.3 is 19.2 Å². The van der Waals surface area contributed by atoms with Gasteiger partial charge in [0.05, 0.1) is 4.90 Å². The lowest BCUT2D eigenvalue weighted by atomic mass is 10.1. The Bertz CT molecular complexity index is 1430. The summed E-state index contributed by atoms with van der Waals surface area (Å²) in [5.74, 6) is 1.85. The van der Waals surface area contributed by atoms with Gasteiger partial charge in [0, 0.05) is 23.0 Å². The van der Waals surface area contributed by atoms with Gasteiger partial charge in [0.15, 0.2) is 11.5 Å². The van der Waals surface area contributed by atoms with Crippen LogP contribution >= 0.6 is 0 Å². The van der Waals surface area contributed by atoms with Crippen LogP contribution < -0.4 is 19.5 Å². The maximum absolute atomic E-state index is 12.8. The summed E-state index contributed by atoms with van der Waals surface area (Å²) in [6, 6.07) is 19.1. The third kappa shape index (κ3) is 5.07. The van der Waals surface area contributed by atoms with Gasteiger partial charge in [0.2, 0.25) is 11.8 Å². The third-order valence-corrected chi connectivity index (χ3v) is 6.83. The van der Waals surface area contributed by atoms with Crippen molar-refractivity contribution in [2.45, 2.75) is 24.8 Å². The van der Waals surface area contributed by atoms with E-state index in [1.54, 1.807) is 30.3 Å². The molecule has 1 aliphatic heterocycles. The molecule has 9 nitrogen and oxygen atoms in total.